The van der Waals surface area contributed by atoms with E-state index in [1.165, 1.54) is 70.6 Å². The first-order chi connectivity index (χ1) is 14.3. The van der Waals surface area contributed by atoms with Gasteiger partial charge in [-0.05, 0) is 43.4 Å². The Morgan fingerprint density at radius 1 is 0.862 bits per heavy atom. The topological polar surface area (TPSA) is 47.9 Å². The number of hydrogen-bond donors (Lipinski definition) is 0. The van der Waals surface area contributed by atoms with E-state index in [9.17, 15) is 0 Å². The van der Waals surface area contributed by atoms with Crippen LogP contribution in [0.2, 0.25) is 0 Å². The summed E-state index contributed by atoms with van der Waals surface area (Å²) < 4.78 is 5.74. The average Bonchev–Trinajstić information content (AvgIpc) is 3.58. The highest BCUT2D eigenvalue weighted by Crippen LogP contribution is 2.34. The first-order valence-electron chi connectivity index (χ1n) is 11.8. The van der Waals surface area contributed by atoms with Crippen molar-refractivity contribution in [2.24, 2.45) is 5.92 Å². The zero-order valence-corrected chi connectivity index (χ0v) is 18.1. The monoisotopic (exact) mass is 395 g/mol. The van der Waals surface area contributed by atoms with Gasteiger partial charge < -0.3 is 4.74 Å². The summed E-state index contributed by atoms with van der Waals surface area (Å²) in [5.41, 5.74) is 3.02. The summed E-state index contributed by atoms with van der Waals surface area (Å²) in [7, 11) is 0. The lowest BCUT2D eigenvalue weighted by atomic mass is 10.1. The normalized spacial score (nSPS) is 13.6. The minimum Gasteiger partial charge on any atom is -0.477 e. The molecular weight excluding hydrogens is 358 g/mol. The number of aromatic nitrogens is 3. The summed E-state index contributed by atoms with van der Waals surface area (Å²) >= 11 is 0. The fourth-order valence-corrected chi connectivity index (χ4v) is 3.66. The van der Waals surface area contributed by atoms with Crippen LogP contribution < -0.4 is 4.74 Å². The second-order valence-corrected chi connectivity index (χ2v) is 8.45. The van der Waals surface area contributed by atoms with Gasteiger partial charge in [0.05, 0.1) is 12.3 Å². The zero-order chi connectivity index (χ0) is 20.2. The van der Waals surface area contributed by atoms with E-state index >= 15 is 0 Å². The first kappa shape index (κ1) is 21.7. The number of nitrogens with zero attached hydrogens (tertiary/aromatic N) is 3. The van der Waals surface area contributed by atoms with Gasteiger partial charge in [-0.1, -0.05) is 71.1 Å². The fourth-order valence-electron chi connectivity index (χ4n) is 3.66. The Bertz CT molecular complexity index is 680. The van der Waals surface area contributed by atoms with Crippen molar-refractivity contribution in [2.75, 3.05) is 6.61 Å². The summed E-state index contributed by atoms with van der Waals surface area (Å²) in [6.07, 6.45) is 18.9. The van der Waals surface area contributed by atoms with Gasteiger partial charge in [0, 0.05) is 23.5 Å². The van der Waals surface area contributed by atoms with Crippen molar-refractivity contribution >= 4 is 0 Å². The molecule has 3 rings (SSSR count). The van der Waals surface area contributed by atoms with Crippen LogP contribution >= 0.6 is 0 Å². The van der Waals surface area contributed by atoms with Crippen LogP contribution in [0.1, 0.15) is 89.7 Å². The molecule has 0 aliphatic heterocycles. The van der Waals surface area contributed by atoms with Crippen molar-refractivity contribution in [3.8, 4) is 17.1 Å². The summed E-state index contributed by atoms with van der Waals surface area (Å²) in [6.45, 7) is 2.98. The van der Waals surface area contributed by atoms with Gasteiger partial charge in [-0.3, -0.25) is 4.98 Å². The Morgan fingerprint density at radius 3 is 2.41 bits per heavy atom. The highest BCUT2D eigenvalue weighted by atomic mass is 16.5. The van der Waals surface area contributed by atoms with Crippen molar-refractivity contribution in [2.45, 2.75) is 90.4 Å². The minimum atomic E-state index is 0.614. The third-order valence-electron chi connectivity index (χ3n) is 5.75. The Balaban J connectivity index is 1.33. The molecule has 1 saturated carbocycles. The lowest BCUT2D eigenvalue weighted by molar-refractivity contribution is 0.290. The van der Waals surface area contributed by atoms with E-state index in [0.717, 1.165) is 42.3 Å². The van der Waals surface area contributed by atoms with E-state index in [4.69, 9.17) is 4.74 Å². The van der Waals surface area contributed by atoms with E-state index < -0.39 is 0 Å². The molecule has 1 aliphatic carbocycles. The Labute approximate surface area is 176 Å². The van der Waals surface area contributed by atoms with Crippen LogP contribution in [-0.2, 0) is 6.42 Å². The predicted octanol–water partition coefficient (Wildman–Crippen LogP) is 6.79. The molecule has 2 aromatic rings. The molecule has 0 N–H and O–H groups in total. The second-order valence-electron chi connectivity index (χ2n) is 8.45. The zero-order valence-electron chi connectivity index (χ0n) is 18.1. The molecule has 4 heteroatoms. The average molecular weight is 396 g/mol. The molecule has 2 aromatic heterocycles. The van der Waals surface area contributed by atoms with Crippen molar-refractivity contribution in [3.05, 3.63) is 36.2 Å². The Morgan fingerprint density at radius 2 is 1.69 bits per heavy atom. The Kier molecular flexibility index (Phi) is 9.41. The van der Waals surface area contributed by atoms with Crippen LogP contribution in [0.25, 0.3) is 11.3 Å². The lowest BCUT2D eigenvalue weighted by Crippen LogP contribution is -2.00. The largest absolute Gasteiger partial charge is 0.477 e. The highest BCUT2D eigenvalue weighted by Gasteiger charge is 2.19. The highest BCUT2D eigenvalue weighted by molar-refractivity contribution is 5.57. The molecule has 29 heavy (non-hydrogen) atoms. The summed E-state index contributed by atoms with van der Waals surface area (Å²) in [6, 6.07) is 8.10. The number of pyridine rings is 1. The number of rotatable bonds is 15. The number of aryl methyl sites for hydroxylation is 1. The van der Waals surface area contributed by atoms with Crippen LogP contribution in [0.5, 0.6) is 5.88 Å². The smallest absolute Gasteiger partial charge is 0.233 e. The lowest BCUT2D eigenvalue weighted by Gasteiger charge is -2.06. The quantitative estimate of drug-likeness (QED) is 0.311. The van der Waals surface area contributed by atoms with Gasteiger partial charge >= 0.3 is 0 Å². The number of hydrogen-bond acceptors (Lipinski definition) is 4. The van der Waals surface area contributed by atoms with Crippen LogP contribution in [0, 0.1) is 5.92 Å². The van der Waals surface area contributed by atoms with Crippen LogP contribution in [0.4, 0.5) is 0 Å². The first-order valence-corrected chi connectivity index (χ1v) is 11.8. The fraction of sp³-hybridized carbons (Fsp3) is 0.640. The molecule has 4 nitrogen and oxygen atoms in total. The van der Waals surface area contributed by atoms with Crippen molar-refractivity contribution < 1.29 is 4.74 Å². The van der Waals surface area contributed by atoms with Gasteiger partial charge in [0.1, 0.15) is 0 Å². The van der Waals surface area contributed by atoms with Gasteiger partial charge in [-0.15, -0.1) is 10.2 Å². The molecule has 2 heterocycles. The maximum Gasteiger partial charge on any atom is 0.233 e. The van der Waals surface area contributed by atoms with E-state index in [-0.39, 0.29) is 0 Å². The van der Waals surface area contributed by atoms with Crippen LogP contribution in [0.3, 0.4) is 0 Å². The van der Waals surface area contributed by atoms with E-state index in [0.29, 0.717) is 5.88 Å². The molecule has 1 aliphatic rings. The summed E-state index contributed by atoms with van der Waals surface area (Å²) in [5.74, 6) is 1.67. The SMILES string of the molecule is CCCCCCCc1ccc(-c2ccc(OCCCCCCC3CC3)nn2)cn1. The van der Waals surface area contributed by atoms with Crippen LogP contribution in [-0.4, -0.2) is 21.8 Å². The summed E-state index contributed by atoms with van der Waals surface area (Å²) in [4.78, 5) is 4.60. The van der Waals surface area contributed by atoms with Gasteiger partial charge in [-0.2, -0.15) is 0 Å². The van der Waals surface area contributed by atoms with Crippen molar-refractivity contribution in [3.63, 3.8) is 0 Å². The number of unbranched alkanes of at least 4 members (excludes halogenated alkanes) is 7. The molecule has 0 spiro atoms. The third-order valence-corrected chi connectivity index (χ3v) is 5.75. The minimum absolute atomic E-state index is 0.614. The second kappa shape index (κ2) is 12.6. The molecule has 0 amide bonds. The molecule has 0 saturated heterocycles. The van der Waals surface area contributed by atoms with Gasteiger partial charge in [0.2, 0.25) is 5.88 Å². The molecule has 0 bridgehead atoms. The molecular formula is C25H37N3O. The maximum atomic E-state index is 5.74. The van der Waals surface area contributed by atoms with E-state index in [1.54, 1.807) is 0 Å². The standard InChI is InChI=1S/C25H37N3O/c1-2-3-4-5-9-12-23-16-15-22(20-26-23)24-17-18-25(28-27-24)29-19-10-7-6-8-11-21-13-14-21/h15-18,20-21H,2-14,19H2,1H3. The molecule has 0 aromatic carbocycles. The molecule has 1 fully saturated rings. The maximum absolute atomic E-state index is 5.74. The van der Waals surface area contributed by atoms with Crippen molar-refractivity contribution in [1.29, 1.82) is 0 Å². The Hall–Kier alpha value is -1.97. The summed E-state index contributed by atoms with van der Waals surface area (Å²) in [5, 5.41) is 8.54. The predicted molar refractivity (Wildman–Crippen MR) is 119 cm³/mol. The van der Waals surface area contributed by atoms with Gasteiger partial charge in [-0.25, -0.2) is 0 Å². The van der Waals surface area contributed by atoms with Gasteiger partial charge in [0.15, 0.2) is 0 Å². The van der Waals surface area contributed by atoms with Gasteiger partial charge in [0.25, 0.3) is 0 Å². The van der Waals surface area contributed by atoms with E-state index in [2.05, 4.69) is 34.2 Å². The molecule has 0 radical (unpaired) electrons. The molecule has 158 valence electrons. The molecule has 0 atom stereocenters. The number of ether oxygens (including phenoxy) is 1. The van der Waals surface area contributed by atoms with Crippen molar-refractivity contribution in [1.82, 2.24) is 15.2 Å². The van der Waals surface area contributed by atoms with Crippen LogP contribution in [0.15, 0.2) is 30.5 Å². The third kappa shape index (κ3) is 8.51. The molecule has 0 unspecified atom stereocenters. The van der Waals surface area contributed by atoms with E-state index in [1.807, 2.05) is 18.3 Å².